The minimum absolute atomic E-state index is 0.00566. The van der Waals surface area contributed by atoms with Gasteiger partial charge in [0.05, 0.1) is 13.2 Å². The summed E-state index contributed by atoms with van der Waals surface area (Å²) in [4.78, 5) is 15.9. The maximum atomic E-state index is 11.8. The summed E-state index contributed by atoms with van der Waals surface area (Å²) in [6, 6.07) is 0. The first-order valence-electron chi connectivity index (χ1n) is 5.64. The number of rotatable bonds is 4. The van der Waals surface area contributed by atoms with E-state index in [9.17, 15) is 4.79 Å². The summed E-state index contributed by atoms with van der Waals surface area (Å²) in [6.07, 6.45) is 3.03. The van der Waals surface area contributed by atoms with E-state index in [1.807, 2.05) is 0 Å². The molecule has 0 fully saturated rings. The largest absolute Gasteiger partial charge is 0.395 e. The van der Waals surface area contributed by atoms with Crippen LogP contribution in [0.1, 0.15) is 24.6 Å². The number of hydrogen-bond acceptors (Lipinski definition) is 4. The zero-order valence-corrected chi connectivity index (χ0v) is 10.2. The molecule has 0 spiro atoms. The van der Waals surface area contributed by atoms with Crippen molar-refractivity contribution in [2.24, 2.45) is 0 Å². The van der Waals surface area contributed by atoms with Crippen LogP contribution < -0.4 is 5.69 Å². The SMILES string of the molecule is CCSc1nc(=O)n(CCO)c2c1CCC2. The van der Waals surface area contributed by atoms with Crippen molar-refractivity contribution in [1.82, 2.24) is 9.55 Å². The van der Waals surface area contributed by atoms with Gasteiger partial charge >= 0.3 is 5.69 Å². The monoisotopic (exact) mass is 240 g/mol. The Bertz CT molecular complexity index is 442. The van der Waals surface area contributed by atoms with Gasteiger partial charge < -0.3 is 5.11 Å². The normalized spacial score (nSPS) is 14.1. The van der Waals surface area contributed by atoms with Gasteiger partial charge in [-0.15, -0.1) is 11.8 Å². The Morgan fingerprint density at radius 3 is 3.00 bits per heavy atom. The smallest absolute Gasteiger partial charge is 0.348 e. The summed E-state index contributed by atoms with van der Waals surface area (Å²) in [5.74, 6) is 0.933. The van der Waals surface area contributed by atoms with Gasteiger partial charge in [0, 0.05) is 11.3 Å². The molecular formula is C11H16N2O2S. The number of fused-ring (bicyclic) bond motifs is 1. The zero-order valence-electron chi connectivity index (χ0n) is 9.40. The summed E-state index contributed by atoms with van der Waals surface area (Å²) in [5.41, 5.74) is 2.09. The van der Waals surface area contributed by atoms with Crippen LogP contribution in [0.15, 0.2) is 9.82 Å². The van der Waals surface area contributed by atoms with Crippen LogP contribution in [0.3, 0.4) is 0 Å². The van der Waals surface area contributed by atoms with Crippen molar-refractivity contribution in [3.8, 4) is 0 Å². The zero-order chi connectivity index (χ0) is 11.5. The van der Waals surface area contributed by atoms with E-state index in [1.54, 1.807) is 16.3 Å². The van der Waals surface area contributed by atoms with Gasteiger partial charge in [-0.2, -0.15) is 4.98 Å². The lowest BCUT2D eigenvalue weighted by Crippen LogP contribution is -2.28. The third-order valence-electron chi connectivity index (χ3n) is 2.81. The van der Waals surface area contributed by atoms with Gasteiger partial charge in [0.15, 0.2) is 0 Å². The van der Waals surface area contributed by atoms with Crippen molar-refractivity contribution >= 4 is 11.8 Å². The molecule has 5 heteroatoms. The van der Waals surface area contributed by atoms with Crippen molar-refractivity contribution in [3.63, 3.8) is 0 Å². The van der Waals surface area contributed by atoms with Gasteiger partial charge in [-0.05, 0) is 25.0 Å². The highest BCUT2D eigenvalue weighted by molar-refractivity contribution is 7.99. The highest BCUT2D eigenvalue weighted by Gasteiger charge is 2.21. The number of aromatic nitrogens is 2. The number of hydrogen-bond donors (Lipinski definition) is 1. The molecule has 1 aliphatic carbocycles. The molecule has 0 radical (unpaired) electrons. The molecule has 0 bridgehead atoms. The van der Waals surface area contributed by atoms with Gasteiger partial charge in [-0.3, -0.25) is 4.57 Å². The fourth-order valence-electron chi connectivity index (χ4n) is 2.17. The second-order valence-corrected chi connectivity index (χ2v) is 5.04. The van der Waals surface area contributed by atoms with Crippen LogP contribution in [-0.4, -0.2) is 27.0 Å². The van der Waals surface area contributed by atoms with Crippen molar-refractivity contribution < 1.29 is 5.11 Å². The van der Waals surface area contributed by atoms with E-state index in [-0.39, 0.29) is 12.3 Å². The van der Waals surface area contributed by atoms with Crippen LogP contribution in [0.5, 0.6) is 0 Å². The lowest BCUT2D eigenvalue weighted by Gasteiger charge is -2.12. The van der Waals surface area contributed by atoms with E-state index in [1.165, 1.54) is 5.56 Å². The number of nitrogens with zero attached hydrogens (tertiary/aromatic N) is 2. The van der Waals surface area contributed by atoms with Crippen LogP contribution in [0.2, 0.25) is 0 Å². The maximum absolute atomic E-state index is 11.8. The minimum atomic E-state index is -0.217. The highest BCUT2D eigenvalue weighted by atomic mass is 32.2. The van der Waals surface area contributed by atoms with Crippen molar-refractivity contribution in [2.45, 2.75) is 37.8 Å². The molecule has 1 heterocycles. The molecule has 0 atom stereocenters. The molecule has 1 aromatic rings. The lowest BCUT2D eigenvalue weighted by atomic mass is 10.2. The fraction of sp³-hybridized carbons (Fsp3) is 0.636. The highest BCUT2D eigenvalue weighted by Crippen LogP contribution is 2.28. The van der Waals surface area contributed by atoms with E-state index in [0.717, 1.165) is 35.7 Å². The maximum Gasteiger partial charge on any atom is 0.348 e. The van der Waals surface area contributed by atoms with Gasteiger partial charge in [0.25, 0.3) is 0 Å². The summed E-state index contributed by atoms with van der Waals surface area (Å²) in [7, 11) is 0. The van der Waals surface area contributed by atoms with E-state index >= 15 is 0 Å². The summed E-state index contributed by atoms with van der Waals surface area (Å²) < 4.78 is 1.63. The molecule has 88 valence electrons. The first kappa shape index (κ1) is 11.7. The predicted molar refractivity (Wildman–Crippen MR) is 64.0 cm³/mol. The van der Waals surface area contributed by atoms with Gasteiger partial charge in [0.1, 0.15) is 5.03 Å². The first-order chi connectivity index (χ1) is 7.77. The molecule has 1 aliphatic rings. The number of aliphatic hydroxyl groups is 1. The molecule has 1 N–H and O–H groups in total. The number of aliphatic hydroxyl groups excluding tert-OH is 1. The Morgan fingerprint density at radius 1 is 1.50 bits per heavy atom. The van der Waals surface area contributed by atoms with Crippen molar-refractivity contribution in [3.05, 3.63) is 21.7 Å². The Hall–Kier alpha value is -0.810. The molecule has 0 amide bonds. The Labute approximate surface area is 98.7 Å². The molecular weight excluding hydrogens is 224 g/mol. The summed E-state index contributed by atoms with van der Waals surface area (Å²) >= 11 is 1.63. The minimum Gasteiger partial charge on any atom is -0.395 e. The summed E-state index contributed by atoms with van der Waals surface area (Å²) in [6.45, 7) is 2.42. The van der Waals surface area contributed by atoms with Crippen molar-refractivity contribution in [2.75, 3.05) is 12.4 Å². The Morgan fingerprint density at radius 2 is 2.31 bits per heavy atom. The van der Waals surface area contributed by atoms with E-state index in [2.05, 4.69) is 11.9 Å². The first-order valence-corrected chi connectivity index (χ1v) is 6.62. The van der Waals surface area contributed by atoms with E-state index < -0.39 is 0 Å². The topological polar surface area (TPSA) is 55.1 Å². The quantitative estimate of drug-likeness (QED) is 0.626. The van der Waals surface area contributed by atoms with Crippen LogP contribution in [0.4, 0.5) is 0 Å². The van der Waals surface area contributed by atoms with Crippen LogP contribution in [0, 0.1) is 0 Å². The molecule has 0 saturated heterocycles. The Kier molecular flexibility index (Phi) is 3.66. The molecule has 0 aromatic carbocycles. The molecule has 0 unspecified atom stereocenters. The van der Waals surface area contributed by atoms with Gasteiger partial charge in [-0.25, -0.2) is 4.79 Å². The standard InChI is InChI=1S/C11H16N2O2S/c1-2-16-10-8-4-3-5-9(8)13(6-7-14)11(15)12-10/h14H,2-7H2,1H3. The third-order valence-corrected chi connectivity index (χ3v) is 3.71. The van der Waals surface area contributed by atoms with E-state index in [0.29, 0.717) is 6.54 Å². The molecule has 0 saturated carbocycles. The van der Waals surface area contributed by atoms with Crippen LogP contribution >= 0.6 is 11.8 Å². The van der Waals surface area contributed by atoms with Crippen molar-refractivity contribution in [1.29, 1.82) is 0 Å². The third kappa shape index (κ3) is 2.01. The molecule has 0 aliphatic heterocycles. The molecule has 4 nitrogen and oxygen atoms in total. The average molecular weight is 240 g/mol. The van der Waals surface area contributed by atoms with Crippen LogP contribution in [0.25, 0.3) is 0 Å². The van der Waals surface area contributed by atoms with Gasteiger partial charge in [0.2, 0.25) is 0 Å². The summed E-state index contributed by atoms with van der Waals surface area (Å²) in [5, 5.41) is 9.85. The molecule has 16 heavy (non-hydrogen) atoms. The van der Waals surface area contributed by atoms with Gasteiger partial charge in [-0.1, -0.05) is 6.92 Å². The van der Waals surface area contributed by atoms with E-state index in [4.69, 9.17) is 5.11 Å². The second kappa shape index (κ2) is 5.01. The molecule has 2 rings (SSSR count). The average Bonchev–Trinajstić information content (AvgIpc) is 2.73. The van der Waals surface area contributed by atoms with Crippen LogP contribution in [-0.2, 0) is 19.4 Å². The lowest BCUT2D eigenvalue weighted by molar-refractivity contribution is 0.271. The predicted octanol–water partition coefficient (Wildman–Crippen LogP) is 0.836. The fourth-order valence-corrected chi connectivity index (χ4v) is 2.98. The second-order valence-electron chi connectivity index (χ2n) is 3.79. The number of thioether (sulfide) groups is 1. The molecule has 1 aromatic heterocycles. The Balaban J connectivity index is 2.51.